The minimum absolute atomic E-state index is 0.0901. The van der Waals surface area contributed by atoms with Crippen LogP contribution in [0, 0.1) is 6.92 Å². The molecule has 96 valence electrons. The number of hydrogen-bond acceptors (Lipinski definition) is 3. The molecule has 0 unspecified atom stereocenters. The molecule has 0 saturated carbocycles. The lowest BCUT2D eigenvalue weighted by molar-refractivity contribution is 0.702. The van der Waals surface area contributed by atoms with Gasteiger partial charge in [0.15, 0.2) is 0 Å². The summed E-state index contributed by atoms with van der Waals surface area (Å²) in [4.78, 5) is 15.0. The number of fused-ring (bicyclic) bond motifs is 1. The van der Waals surface area contributed by atoms with E-state index in [0.29, 0.717) is 5.56 Å². The number of aryl methyl sites for hydroxylation is 1. The zero-order valence-electron chi connectivity index (χ0n) is 10.8. The van der Waals surface area contributed by atoms with E-state index in [1.165, 1.54) is 4.68 Å². The van der Waals surface area contributed by atoms with Crippen molar-refractivity contribution in [1.29, 1.82) is 0 Å². The van der Waals surface area contributed by atoms with E-state index in [1.54, 1.807) is 20.2 Å². The van der Waals surface area contributed by atoms with E-state index in [1.807, 2.05) is 30.5 Å². The number of hydrogen-bond donors (Lipinski definition) is 2. The average Bonchev–Trinajstić information content (AvgIpc) is 2.87. The van der Waals surface area contributed by atoms with Gasteiger partial charge in [0.2, 0.25) is 0 Å². The first-order chi connectivity index (χ1) is 9.15. The third kappa shape index (κ3) is 1.99. The maximum atomic E-state index is 11.8. The molecule has 0 aliphatic heterocycles. The number of H-pyrrole nitrogens is 1. The van der Waals surface area contributed by atoms with Gasteiger partial charge >= 0.3 is 0 Å². The number of nitrogens with zero attached hydrogens (tertiary/aromatic N) is 2. The molecule has 0 spiro atoms. The second-order valence-electron chi connectivity index (χ2n) is 4.52. The summed E-state index contributed by atoms with van der Waals surface area (Å²) < 4.78 is 1.33. The highest BCUT2D eigenvalue weighted by atomic mass is 16.1. The molecule has 5 nitrogen and oxygen atoms in total. The Hall–Kier alpha value is -2.56. The number of aromatic amines is 1. The van der Waals surface area contributed by atoms with E-state index in [-0.39, 0.29) is 5.56 Å². The van der Waals surface area contributed by atoms with Gasteiger partial charge in [-0.05, 0) is 31.2 Å². The van der Waals surface area contributed by atoms with E-state index in [4.69, 9.17) is 0 Å². The van der Waals surface area contributed by atoms with Gasteiger partial charge in [0.1, 0.15) is 0 Å². The highest BCUT2D eigenvalue weighted by Gasteiger charge is 2.05. The highest BCUT2D eigenvalue weighted by Crippen LogP contribution is 2.21. The topological polar surface area (TPSA) is 62.7 Å². The summed E-state index contributed by atoms with van der Waals surface area (Å²) in [6.07, 6.45) is 3.57. The van der Waals surface area contributed by atoms with Gasteiger partial charge in [-0.3, -0.25) is 4.79 Å². The SMILES string of the molecule is Cc1c(Nc2ccc3[nH]ccc3c2)cnn(C)c1=O. The van der Waals surface area contributed by atoms with E-state index in [9.17, 15) is 4.79 Å². The molecule has 3 aromatic rings. The fraction of sp³-hybridized carbons (Fsp3) is 0.143. The average molecular weight is 254 g/mol. The number of nitrogens with one attached hydrogen (secondary N) is 2. The van der Waals surface area contributed by atoms with Crippen molar-refractivity contribution >= 4 is 22.3 Å². The van der Waals surface area contributed by atoms with Crippen molar-refractivity contribution in [2.24, 2.45) is 7.05 Å². The van der Waals surface area contributed by atoms with Gasteiger partial charge < -0.3 is 10.3 Å². The maximum Gasteiger partial charge on any atom is 0.271 e. The molecule has 2 N–H and O–H groups in total. The smallest absolute Gasteiger partial charge is 0.271 e. The van der Waals surface area contributed by atoms with E-state index < -0.39 is 0 Å². The van der Waals surface area contributed by atoms with Crippen LogP contribution in [0.4, 0.5) is 11.4 Å². The molecule has 3 rings (SSSR count). The minimum Gasteiger partial charge on any atom is -0.361 e. The Morgan fingerprint density at radius 1 is 1.32 bits per heavy atom. The molecule has 5 heteroatoms. The molecule has 0 fully saturated rings. The Morgan fingerprint density at radius 2 is 2.16 bits per heavy atom. The Labute approximate surface area is 109 Å². The fourth-order valence-electron chi connectivity index (χ4n) is 2.06. The summed E-state index contributed by atoms with van der Waals surface area (Å²) in [6, 6.07) is 8.01. The first-order valence-corrected chi connectivity index (χ1v) is 6.02. The van der Waals surface area contributed by atoms with Gasteiger partial charge in [0.05, 0.1) is 11.9 Å². The van der Waals surface area contributed by atoms with Crippen LogP contribution in [0.25, 0.3) is 10.9 Å². The maximum absolute atomic E-state index is 11.8. The standard InChI is InChI=1S/C14H14N4O/c1-9-13(8-16-18(2)14(9)19)17-11-3-4-12-10(7-11)5-6-15-12/h3-8,15,17H,1-2H3. The van der Waals surface area contributed by atoms with Gasteiger partial charge in [0.25, 0.3) is 5.56 Å². The van der Waals surface area contributed by atoms with Gasteiger partial charge in [-0.1, -0.05) is 0 Å². The number of aromatic nitrogens is 3. The molecule has 1 aromatic carbocycles. The highest BCUT2D eigenvalue weighted by molar-refractivity contribution is 5.84. The molecule has 0 atom stereocenters. The lowest BCUT2D eigenvalue weighted by atomic mass is 10.2. The Bertz CT molecular complexity index is 801. The van der Waals surface area contributed by atoms with E-state index in [2.05, 4.69) is 15.4 Å². The van der Waals surface area contributed by atoms with Crippen molar-refractivity contribution < 1.29 is 0 Å². The first-order valence-electron chi connectivity index (χ1n) is 6.02. The monoisotopic (exact) mass is 254 g/mol. The van der Waals surface area contributed by atoms with Crippen LogP contribution in [0.15, 0.2) is 41.5 Å². The fourth-order valence-corrected chi connectivity index (χ4v) is 2.06. The Balaban J connectivity index is 2.00. The molecule has 2 heterocycles. The van der Waals surface area contributed by atoms with Crippen LogP contribution in [-0.4, -0.2) is 14.8 Å². The zero-order valence-corrected chi connectivity index (χ0v) is 10.8. The molecule has 0 aliphatic rings. The van der Waals surface area contributed by atoms with Crippen molar-refractivity contribution in [3.63, 3.8) is 0 Å². The van der Waals surface area contributed by atoms with Crippen LogP contribution < -0.4 is 10.9 Å². The molecular formula is C14H14N4O. The second-order valence-corrected chi connectivity index (χ2v) is 4.52. The molecule has 0 bridgehead atoms. The number of anilines is 2. The quantitative estimate of drug-likeness (QED) is 0.737. The van der Waals surface area contributed by atoms with Gasteiger partial charge in [-0.2, -0.15) is 5.10 Å². The molecule has 0 radical (unpaired) electrons. The number of benzene rings is 1. The molecule has 2 aromatic heterocycles. The predicted molar refractivity (Wildman–Crippen MR) is 75.8 cm³/mol. The summed E-state index contributed by atoms with van der Waals surface area (Å²) >= 11 is 0. The molecular weight excluding hydrogens is 240 g/mol. The Kier molecular flexibility index (Phi) is 2.59. The first kappa shape index (κ1) is 11.5. The summed E-state index contributed by atoms with van der Waals surface area (Å²) in [6.45, 7) is 1.79. The minimum atomic E-state index is -0.0901. The molecule has 0 saturated heterocycles. The lowest BCUT2D eigenvalue weighted by Gasteiger charge is -2.09. The summed E-state index contributed by atoms with van der Waals surface area (Å²) in [5, 5.41) is 8.38. The van der Waals surface area contributed by atoms with Gasteiger partial charge in [0, 0.05) is 35.4 Å². The largest absolute Gasteiger partial charge is 0.361 e. The third-order valence-electron chi connectivity index (χ3n) is 3.21. The van der Waals surface area contributed by atoms with Crippen LogP contribution in [0.5, 0.6) is 0 Å². The van der Waals surface area contributed by atoms with Crippen molar-refractivity contribution in [2.45, 2.75) is 6.92 Å². The van der Waals surface area contributed by atoms with Crippen LogP contribution in [0.1, 0.15) is 5.56 Å². The van der Waals surface area contributed by atoms with Gasteiger partial charge in [-0.15, -0.1) is 0 Å². The Morgan fingerprint density at radius 3 is 3.00 bits per heavy atom. The third-order valence-corrected chi connectivity index (χ3v) is 3.21. The van der Waals surface area contributed by atoms with Crippen LogP contribution in [0.3, 0.4) is 0 Å². The summed E-state index contributed by atoms with van der Waals surface area (Å²) in [7, 11) is 1.64. The van der Waals surface area contributed by atoms with Crippen LogP contribution in [-0.2, 0) is 7.05 Å². The normalized spacial score (nSPS) is 10.8. The van der Waals surface area contributed by atoms with Crippen molar-refractivity contribution in [1.82, 2.24) is 14.8 Å². The molecule has 0 aliphatic carbocycles. The number of rotatable bonds is 2. The van der Waals surface area contributed by atoms with Crippen LogP contribution in [0.2, 0.25) is 0 Å². The van der Waals surface area contributed by atoms with Crippen molar-refractivity contribution in [2.75, 3.05) is 5.32 Å². The summed E-state index contributed by atoms with van der Waals surface area (Å²) in [5.41, 5.74) is 3.33. The van der Waals surface area contributed by atoms with Crippen molar-refractivity contribution in [3.05, 3.63) is 52.6 Å². The van der Waals surface area contributed by atoms with Crippen LogP contribution >= 0.6 is 0 Å². The van der Waals surface area contributed by atoms with E-state index in [0.717, 1.165) is 22.3 Å². The summed E-state index contributed by atoms with van der Waals surface area (Å²) in [5.74, 6) is 0. The lowest BCUT2D eigenvalue weighted by Crippen LogP contribution is -2.22. The second kappa shape index (κ2) is 4.28. The van der Waals surface area contributed by atoms with E-state index >= 15 is 0 Å². The zero-order chi connectivity index (χ0) is 13.4. The predicted octanol–water partition coefficient (Wildman–Crippen LogP) is 2.31. The van der Waals surface area contributed by atoms with Crippen molar-refractivity contribution in [3.8, 4) is 0 Å². The van der Waals surface area contributed by atoms with Gasteiger partial charge in [-0.25, -0.2) is 4.68 Å². The molecule has 19 heavy (non-hydrogen) atoms. The molecule has 0 amide bonds.